The van der Waals surface area contributed by atoms with E-state index in [2.05, 4.69) is 10.2 Å². The fraction of sp³-hybridized carbons (Fsp3) is 0.500. The third-order valence-electron chi connectivity index (χ3n) is 6.62. The van der Waals surface area contributed by atoms with Crippen molar-refractivity contribution < 1.29 is 27.8 Å². The second-order valence-corrected chi connectivity index (χ2v) is 9.58. The van der Waals surface area contributed by atoms with E-state index in [-0.39, 0.29) is 23.5 Å². The molecule has 0 spiro atoms. The van der Waals surface area contributed by atoms with Crippen LogP contribution in [0.5, 0.6) is 11.5 Å². The van der Waals surface area contributed by atoms with Crippen molar-refractivity contribution in [3.63, 3.8) is 0 Å². The number of likely N-dealkylation sites (tertiary alicyclic amines) is 1. The molecule has 0 bridgehead atoms. The molecule has 1 N–H and O–H groups in total. The second-order valence-electron chi connectivity index (χ2n) is 9.58. The lowest BCUT2D eigenvalue weighted by Gasteiger charge is -2.25. The topological polar surface area (TPSA) is 67.9 Å². The van der Waals surface area contributed by atoms with Crippen molar-refractivity contribution in [1.29, 1.82) is 0 Å². The number of hydrogen-bond donors (Lipinski definition) is 1. The van der Waals surface area contributed by atoms with Crippen molar-refractivity contribution in [3.05, 3.63) is 59.4 Å². The average molecular weight is 501 g/mol. The van der Waals surface area contributed by atoms with Crippen LogP contribution in [-0.2, 0) is 11.2 Å². The van der Waals surface area contributed by atoms with Gasteiger partial charge in [-0.25, -0.2) is 8.78 Å². The van der Waals surface area contributed by atoms with Crippen LogP contribution in [0.1, 0.15) is 54.4 Å². The van der Waals surface area contributed by atoms with Gasteiger partial charge in [0.05, 0.1) is 0 Å². The van der Waals surface area contributed by atoms with E-state index < -0.39 is 6.17 Å². The Kier molecular flexibility index (Phi) is 9.28. The molecule has 2 heterocycles. The average Bonchev–Trinajstić information content (AvgIpc) is 3.28. The first-order valence-electron chi connectivity index (χ1n) is 12.8. The van der Waals surface area contributed by atoms with Gasteiger partial charge in [-0.3, -0.25) is 14.5 Å². The minimum Gasteiger partial charge on any atom is -0.486 e. The summed E-state index contributed by atoms with van der Waals surface area (Å²) in [5.41, 5.74) is 1.54. The van der Waals surface area contributed by atoms with Crippen molar-refractivity contribution >= 4 is 11.7 Å². The summed E-state index contributed by atoms with van der Waals surface area (Å²) in [5, 5.41) is 3.14. The fourth-order valence-electron chi connectivity index (χ4n) is 4.75. The van der Waals surface area contributed by atoms with Crippen LogP contribution >= 0.6 is 0 Å². The molecule has 0 unspecified atom stereocenters. The number of ether oxygens (including phenoxy) is 2. The molecule has 6 nitrogen and oxygen atoms in total. The lowest BCUT2D eigenvalue weighted by molar-refractivity contribution is -0.122. The van der Waals surface area contributed by atoms with Gasteiger partial charge in [0.1, 0.15) is 25.2 Å². The SMILES string of the molecule is O=C(CCCCCC(=O)c1ccc(F)cc1)N[C@@H](Cc1ccc2c(c1)OCCO2)CN1CC[C@@H](F)C1. The number of benzene rings is 2. The molecule has 0 radical (unpaired) electrons. The molecule has 1 saturated heterocycles. The summed E-state index contributed by atoms with van der Waals surface area (Å²) < 4.78 is 38.0. The Balaban J connectivity index is 1.24. The maximum atomic E-state index is 13.7. The van der Waals surface area contributed by atoms with Gasteiger partial charge >= 0.3 is 0 Å². The van der Waals surface area contributed by atoms with Crippen LogP contribution in [0.25, 0.3) is 0 Å². The van der Waals surface area contributed by atoms with Crippen LogP contribution in [-0.4, -0.2) is 61.7 Å². The number of hydrogen-bond acceptors (Lipinski definition) is 5. The number of Topliss-reactive ketones (excluding diaryl/α,β-unsaturated/α-hetero) is 1. The molecule has 2 aliphatic rings. The predicted octanol–water partition coefficient (Wildman–Crippen LogP) is 4.50. The van der Waals surface area contributed by atoms with Gasteiger partial charge in [0.2, 0.25) is 5.91 Å². The first kappa shape index (κ1) is 26.1. The minimum atomic E-state index is -0.812. The molecule has 0 aromatic heterocycles. The van der Waals surface area contributed by atoms with Gasteiger partial charge in [-0.05, 0) is 67.6 Å². The monoisotopic (exact) mass is 500 g/mol. The Labute approximate surface area is 211 Å². The number of rotatable bonds is 12. The molecular weight excluding hydrogens is 466 g/mol. The molecule has 194 valence electrons. The number of carbonyl (C=O) groups excluding carboxylic acids is 2. The summed E-state index contributed by atoms with van der Waals surface area (Å²) in [6, 6.07) is 11.2. The highest BCUT2D eigenvalue weighted by Crippen LogP contribution is 2.31. The summed E-state index contributed by atoms with van der Waals surface area (Å²) in [6.07, 6.45) is 3.18. The highest BCUT2D eigenvalue weighted by Gasteiger charge is 2.25. The van der Waals surface area contributed by atoms with Crippen LogP contribution in [0.3, 0.4) is 0 Å². The third kappa shape index (κ3) is 7.75. The summed E-state index contributed by atoms with van der Waals surface area (Å²) in [4.78, 5) is 27.0. The Morgan fingerprint density at radius 3 is 2.50 bits per heavy atom. The van der Waals surface area contributed by atoms with Crippen LogP contribution in [0.15, 0.2) is 42.5 Å². The zero-order chi connectivity index (χ0) is 25.3. The summed E-state index contributed by atoms with van der Waals surface area (Å²) in [7, 11) is 0. The molecule has 2 aromatic rings. The fourth-order valence-corrected chi connectivity index (χ4v) is 4.75. The lowest BCUT2D eigenvalue weighted by Crippen LogP contribution is -2.44. The molecule has 2 atom stereocenters. The van der Waals surface area contributed by atoms with Crippen molar-refractivity contribution in [3.8, 4) is 11.5 Å². The van der Waals surface area contributed by atoms with E-state index in [4.69, 9.17) is 9.47 Å². The molecule has 36 heavy (non-hydrogen) atoms. The van der Waals surface area contributed by atoms with Crippen LogP contribution in [0.2, 0.25) is 0 Å². The van der Waals surface area contributed by atoms with Gasteiger partial charge in [-0.1, -0.05) is 12.5 Å². The van der Waals surface area contributed by atoms with Crippen LogP contribution in [0, 0.1) is 5.82 Å². The Morgan fingerprint density at radius 1 is 1.00 bits per heavy atom. The molecule has 2 aromatic carbocycles. The molecule has 0 saturated carbocycles. The summed E-state index contributed by atoms with van der Waals surface area (Å²) in [6.45, 7) is 2.72. The van der Waals surface area contributed by atoms with Gasteiger partial charge in [-0.2, -0.15) is 0 Å². The van der Waals surface area contributed by atoms with E-state index in [0.29, 0.717) is 82.7 Å². The van der Waals surface area contributed by atoms with E-state index in [1.807, 2.05) is 18.2 Å². The maximum Gasteiger partial charge on any atom is 0.220 e. The van der Waals surface area contributed by atoms with E-state index in [0.717, 1.165) is 17.7 Å². The summed E-state index contributed by atoms with van der Waals surface area (Å²) >= 11 is 0. The molecule has 2 aliphatic heterocycles. The van der Waals surface area contributed by atoms with Crippen molar-refractivity contribution in [1.82, 2.24) is 10.2 Å². The summed E-state index contributed by atoms with van der Waals surface area (Å²) in [5.74, 6) is 1.01. The second kappa shape index (κ2) is 12.8. The van der Waals surface area contributed by atoms with E-state index in [9.17, 15) is 18.4 Å². The normalized spacial score (nSPS) is 18.1. The molecule has 8 heteroatoms. The number of fused-ring (bicyclic) bond motifs is 1. The quantitative estimate of drug-likeness (QED) is 0.343. The zero-order valence-electron chi connectivity index (χ0n) is 20.5. The highest BCUT2D eigenvalue weighted by atomic mass is 19.1. The number of nitrogens with zero attached hydrogens (tertiary/aromatic N) is 1. The standard InChI is InChI=1S/C28H34F2N2O4/c29-22-9-7-21(8-10-22)25(33)4-2-1-3-5-28(34)31-24(19-32-13-12-23(30)18-32)16-20-6-11-26-27(17-20)36-15-14-35-26/h6-11,17,23-24H,1-5,12-16,18-19H2,(H,31,34)/t23-,24+/m1/s1. The van der Waals surface area contributed by atoms with E-state index in [1.54, 1.807) is 0 Å². The predicted molar refractivity (Wildman–Crippen MR) is 133 cm³/mol. The zero-order valence-corrected chi connectivity index (χ0v) is 20.5. The van der Waals surface area contributed by atoms with Gasteiger partial charge in [-0.15, -0.1) is 0 Å². The Bertz CT molecular complexity index is 1030. The van der Waals surface area contributed by atoms with Crippen LogP contribution < -0.4 is 14.8 Å². The maximum absolute atomic E-state index is 13.7. The number of halogens is 2. The van der Waals surface area contributed by atoms with Gasteiger partial charge in [0, 0.05) is 44.1 Å². The number of carbonyl (C=O) groups is 2. The lowest BCUT2D eigenvalue weighted by atomic mass is 10.0. The number of nitrogens with one attached hydrogen (secondary N) is 1. The molecular formula is C28H34F2N2O4. The highest BCUT2D eigenvalue weighted by molar-refractivity contribution is 5.95. The van der Waals surface area contributed by atoms with Gasteiger partial charge in [0.25, 0.3) is 0 Å². The minimum absolute atomic E-state index is 0.0178. The molecule has 1 amide bonds. The third-order valence-corrected chi connectivity index (χ3v) is 6.62. The molecule has 4 rings (SSSR count). The van der Waals surface area contributed by atoms with Gasteiger partial charge in [0.15, 0.2) is 17.3 Å². The molecule has 0 aliphatic carbocycles. The van der Waals surface area contributed by atoms with E-state index in [1.165, 1.54) is 24.3 Å². The number of amides is 1. The number of alkyl halides is 1. The number of unbranched alkanes of at least 4 members (excludes halogenated alkanes) is 2. The Morgan fingerprint density at radius 2 is 1.75 bits per heavy atom. The van der Waals surface area contributed by atoms with Crippen molar-refractivity contribution in [2.75, 3.05) is 32.8 Å². The van der Waals surface area contributed by atoms with Crippen molar-refractivity contribution in [2.24, 2.45) is 0 Å². The largest absolute Gasteiger partial charge is 0.486 e. The first-order valence-corrected chi connectivity index (χ1v) is 12.8. The van der Waals surface area contributed by atoms with Gasteiger partial charge < -0.3 is 14.8 Å². The van der Waals surface area contributed by atoms with E-state index >= 15 is 0 Å². The molecule has 1 fully saturated rings. The smallest absolute Gasteiger partial charge is 0.220 e. The number of ketones is 1. The first-order chi connectivity index (χ1) is 17.5. The Hall–Kier alpha value is -3.00. The van der Waals surface area contributed by atoms with Crippen LogP contribution in [0.4, 0.5) is 8.78 Å². The van der Waals surface area contributed by atoms with Crippen molar-refractivity contribution in [2.45, 2.75) is 57.2 Å².